The van der Waals surface area contributed by atoms with Crippen molar-refractivity contribution in [3.05, 3.63) is 56.3 Å². The van der Waals surface area contributed by atoms with E-state index >= 15 is 0 Å². The second kappa shape index (κ2) is 4.83. The highest BCUT2D eigenvalue weighted by Crippen LogP contribution is 2.37. The summed E-state index contributed by atoms with van der Waals surface area (Å²) in [6.45, 7) is 8.65. The minimum absolute atomic E-state index is 0.0198. The van der Waals surface area contributed by atoms with Gasteiger partial charge >= 0.3 is 0 Å². The predicted octanol–water partition coefficient (Wildman–Crippen LogP) is 5.31. The summed E-state index contributed by atoms with van der Waals surface area (Å²) in [6.07, 6.45) is 0. The Morgan fingerprint density at radius 2 is 1.65 bits per heavy atom. The maximum Gasteiger partial charge on any atom is 0.0933 e. The average Bonchev–Trinajstić information content (AvgIpc) is 2.80. The lowest BCUT2D eigenvalue weighted by Gasteiger charge is -2.18. The molecule has 0 aliphatic heterocycles. The monoisotopic (exact) mass is 264 g/mol. The number of rotatable bonds is 2. The molecule has 0 N–H and O–H groups in total. The third-order valence-corrected chi connectivity index (χ3v) is 4.99. The van der Waals surface area contributed by atoms with Crippen molar-refractivity contribution in [3.8, 4) is 0 Å². The largest absolute Gasteiger partial charge is 0.147 e. The zero-order chi connectivity index (χ0) is 12.6. The summed E-state index contributed by atoms with van der Waals surface area (Å²) in [5, 5.41) is 2.06. The molecule has 17 heavy (non-hydrogen) atoms. The minimum Gasteiger partial charge on any atom is -0.147 e. The Kier molecular flexibility index (Phi) is 3.60. The molecule has 0 fully saturated rings. The third-order valence-electron chi connectivity index (χ3n) is 3.47. The number of hydrogen-bond donors (Lipinski definition) is 0. The topological polar surface area (TPSA) is 0 Å². The maximum atomic E-state index is 6.64. The van der Waals surface area contributed by atoms with Gasteiger partial charge in [0, 0.05) is 4.88 Å². The van der Waals surface area contributed by atoms with Gasteiger partial charge in [0.1, 0.15) is 0 Å². The summed E-state index contributed by atoms with van der Waals surface area (Å²) in [5.41, 5.74) is 6.57. The summed E-state index contributed by atoms with van der Waals surface area (Å²) in [6, 6.07) is 6.41. The van der Waals surface area contributed by atoms with E-state index in [4.69, 9.17) is 11.6 Å². The van der Waals surface area contributed by atoms with Gasteiger partial charge in [-0.2, -0.15) is 0 Å². The summed E-state index contributed by atoms with van der Waals surface area (Å²) in [7, 11) is 0. The van der Waals surface area contributed by atoms with Crippen LogP contribution in [-0.2, 0) is 0 Å². The van der Waals surface area contributed by atoms with Crippen LogP contribution in [0.4, 0.5) is 0 Å². The van der Waals surface area contributed by atoms with Crippen molar-refractivity contribution >= 4 is 22.9 Å². The smallest absolute Gasteiger partial charge is 0.0933 e. The molecule has 1 heterocycles. The van der Waals surface area contributed by atoms with Gasteiger partial charge in [0.05, 0.1) is 5.38 Å². The van der Waals surface area contributed by atoms with Crippen molar-refractivity contribution in [2.45, 2.75) is 33.1 Å². The van der Waals surface area contributed by atoms with Gasteiger partial charge in [-0.1, -0.05) is 12.1 Å². The van der Waals surface area contributed by atoms with E-state index in [2.05, 4.69) is 51.3 Å². The van der Waals surface area contributed by atoms with Crippen LogP contribution in [0.5, 0.6) is 0 Å². The molecule has 2 heteroatoms. The predicted molar refractivity (Wildman–Crippen MR) is 77.4 cm³/mol. The van der Waals surface area contributed by atoms with Gasteiger partial charge in [0.2, 0.25) is 0 Å². The number of hydrogen-bond acceptors (Lipinski definition) is 1. The molecule has 2 aromatic rings. The van der Waals surface area contributed by atoms with Crippen molar-refractivity contribution in [2.24, 2.45) is 0 Å². The van der Waals surface area contributed by atoms with Crippen LogP contribution in [-0.4, -0.2) is 0 Å². The molecule has 1 atom stereocenters. The summed E-state index contributed by atoms with van der Waals surface area (Å²) >= 11 is 8.36. The van der Waals surface area contributed by atoms with Crippen molar-refractivity contribution in [2.75, 3.05) is 0 Å². The molecule has 0 bridgehead atoms. The summed E-state index contributed by atoms with van der Waals surface area (Å²) < 4.78 is 0. The van der Waals surface area contributed by atoms with Crippen molar-refractivity contribution in [3.63, 3.8) is 0 Å². The molecule has 0 spiro atoms. The van der Waals surface area contributed by atoms with E-state index in [0.717, 1.165) is 0 Å². The van der Waals surface area contributed by atoms with Gasteiger partial charge in [-0.25, -0.2) is 0 Å². The number of alkyl halides is 1. The Balaban J connectivity index is 2.59. The fraction of sp³-hybridized carbons (Fsp3) is 0.333. The second-order valence-corrected chi connectivity index (χ2v) is 5.97. The Labute approximate surface area is 112 Å². The van der Waals surface area contributed by atoms with E-state index in [1.807, 2.05) is 0 Å². The Morgan fingerprint density at radius 3 is 2.12 bits per heavy atom. The minimum atomic E-state index is -0.0198. The molecule has 1 aromatic heterocycles. The SMILES string of the molecule is Cc1cc(C)c(C)c(C(Cl)c2cccs2)c1C. The molecule has 0 nitrogen and oxygen atoms in total. The highest BCUT2D eigenvalue weighted by atomic mass is 35.5. The van der Waals surface area contributed by atoms with E-state index in [0.29, 0.717) is 0 Å². The molecule has 0 amide bonds. The first-order valence-electron chi connectivity index (χ1n) is 5.77. The van der Waals surface area contributed by atoms with Crippen LogP contribution >= 0.6 is 22.9 Å². The van der Waals surface area contributed by atoms with Gasteiger partial charge in [-0.15, -0.1) is 22.9 Å². The second-order valence-electron chi connectivity index (χ2n) is 4.55. The molecule has 0 saturated carbocycles. The molecule has 90 valence electrons. The fourth-order valence-electron chi connectivity index (χ4n) is 2.21. The highest BCUT2D eigenvalue weighted by molar-refractivity contribution is 7.10. The van der Waals surface area contributed by atoms with Gasteiger partial charge in [0.15, 0.2) is 0 Å². The molecule has 2 rings (SSSR count). The molecule has 0 aliphatic carbocycles. The van der Waals surface area contributed by atoms with Crippen LogP contribution < -0.4 is 0 Å². The van der Waals surface area contributed by atoms with Crippen LogP contribution in [0.25, 0.3) is 0 Å². The van der Waals surface area contributed by atoms with Gasteiger partial charge < -0.3 is 0 Å². The molecule has 0 aliphatic rings. The van der Waals surface area contributed by atoms with Crippen molar-refractivity contribution < 1.29 is 0 Å². The van der Waals surface area contributed by atoms with E-state index in [9.17, 15) is 0 Å². The van der Waals surface area contributed by atoms with Crippen LogP contribution in [0.3, 0.4) is 0 Å². The highest BCUT2D eigenvalue weighted by Gasteiger charge is 2.18. The average molecular weight is 265 g/mol. The first-order chi connectivity index (χ1) is 8.02. The van der Waals surface area contributed by atoms with Crippen LogP contribution in [0.15, 0.2) is 23.6 Å². The molecular formula is C15H17ClS. The fourth-order valence-corrected chi connectivity index (χ4v) is 3.47. The van der Waals surface area contributed by atoms with Gasteiger partial charge in [-0.3, -0.25) is 0 Å². The zero-order valence-corrected chi connectivity index (χ0v) is 12.2. The lowest BCUT2D eigenvalue weighted by atomic mass is 9.92. The number of thiophene rings is 1. The summed E-state index contributed by atoms with van der Waals surface area (Å²) in [5.74, 6) is 0. The standard InChI is InChI=1S/C15H17ClS/c1-9-8-10(2)12(4)14(11(9)3)15(16)13-6-5-7-17-13/h5-8,15H,1-4H3. The Hall–Kier alpha value is -0.790. The van der Waals surface area contributed by atoms with Crippen LogP contribution in [0.1, 0.15) is 38.1 Å². The lowest BCUT2D eigenvalue weighted by Crippen LogP contribution is -2.02. The van der Waals surface area contributed by atoms with E-state index in [-0.39, 0.29) is 5.38 Å². The molecule has 0 saturated heterocycles. The molecule has 1 unspecified atom stereocenters. The third kappa shape index (κ3) is 2.27. The van der Waals surface area contributed by atoms with E-state index in [1.165, 1.54) is 32.7 Å². The molecular weight excluding hydrogens is 248 g/mol. The zero-order valence-electron chi connectivity index (χ0n) is 10.7. The Morgan fingerprint density at radius 1 is 1.06 bits per heavy atom. The number of halogens is 1. The van der Waals surface area contributed by atoms with Crippen LogP contribution in [0.2, 0.25) is 0 Å². The lowest BCUT2D eigenvalue weighted by molar-refractivity contribution is 1.07. The maximum absolute atomic E-state index is 6.64. The van der Waals surface area contributed by atoms with Gasteiger partial charge in [-0.05, 0) is 67.0 Å². The first-order valence-corrected chi connectivity index (χ1v) is 7.08. The van der Waals surface area contributed by atoms with Crippen molar-refractivity contribution in [1.82, 2.24) is 0 Å². The number of benzene rings is 1. The van der Waals surface area contributed by atoms with E-state index in [1.54, 1.807) is 11.3 Å². The number of aryl methyl sites for hydroxylation is 2. The van der Waals surface area contributed by atoms with E-state index < -0.39 is 0 Å². The van der Waals surface area contributed by atoms with Crippen molar-refractivity contribution in [1.29, 1.82) is 0 Å². The first kappa shape index (κ1) is 12.7. The van der Waals surface area contributed by atoms with Gasteiger partial charge in [0.25, 0.3) is 0 Å². The van der Waals surface area contributed by atoms with Crippen LogP contribution in [0, 0.1) is 27.7 Å². The quantitative estimate of drug-likeness (QED) is 0.645. The normalized spacial score (nSPS) is 12.8. The molecule has 1 aromatic carbocycles. The Bertz CT molecular complexity index is 500. The summed E-state index contributed by atoms with van der Waals surface area (Å²) in [4.78, 5) is 1.22. The molecule has 0 radical (unpaired) electrons.